The fourth-order valence-corrected chi connectivity index (χ4v) is 4.71. The molecule has 1 saturated carbocycles. The summed E-state index contributed by atoms with van der Waals surface area (Å²) in [7, 11) is -3.58. The Kier molecular flexibility index (Phi) is 5.85. The summed E-state index contributed by atoms with van der Waals surface area (Å²) in [5.41, 5.74) is -0.163. The van der Waals surface area contributed by atoms with Crippen molar-refractivity contribution in [1.29, 1.82) is 0 Å². The van der Waals surface area contributed by atoms with Crippen molar-refractivity contribution >= 4 is 44.3 Å². The van der Waals surface area contributed by atoms with E-state index >= 15 is 0 Å². The van der Waals surface area contributed by atoms with Crippen LogP contribution >= 0.6 is 22.9 Å². The molecule has 3 rings (SSSR count). The minimum Gasteiger partial charge on any atom is -0.298 e. The molecule has 6 nitrogen and oxygen atoms in total. The lowest BCUT2D eigenvalue weighted by Gasteiger charge is -2.13. The lowest BCUT2D eigenvalue weighted by atomic mass is 9.92. The third-order valence-corrected chi connectivity index (χ3v) is 7.48. The van der Waals surface area contributed by atoms with Crippen molar-refractivity contribution in [3.63, 3.8) is 0 Å². The molecular formula is C17H14ClF3N2O4S2. The van der Waals surface area contributed by atoms with Crippen LogP contribution in [-0.2, 0) is 20.8 Å². The summed E-state index contributed by atoms with van der Waals surface area (Å²) >= 11 is 6.22. The molecule has 1 aliphatic rings. The lowest BCUT2D eigenvalue weighted by Crippen LogP contribution is -2.24. The van der Waals surface area contributed by atoms with E-state index in [1.54, 1.807) is 0 Å². The van der Waals surface area contributed by atoms with Gasteiger partial charge in [0.05, 0.1) is 15.7 Å². The summed E-state index contributed by atoms with van der Waals surface area (Å²) in [6.45, 7) is 1.44. The van der Waals surface area contributed by atoms with Crippen molar-refractivity contribution < 1.29 is 31.2 Å². The van der Waals surface area contributed by atoms with Gasteiger partial charge in [-0.1, -0.05) is 29.9 Å². The van der Waals surface area contributed by atoms with E-state index in [9.17, 15) is 31.2 Å². The fraction of sp³-hybridized carbons (Fsp3) is 0.412. The van der Waals surface area contributed by atoms with E-state index in [1.165, 1.54) is 13.0 Å². The Morgan fingerprint density at radius 2 is 1.93 bits per heavy atom. The van der Waals surface area contributed by atoms with E-state index in [0.717, 1.165) is 12.1 Å². The van der Waals surface area contributed by atoms with Gasteiger partial charge in [-0.3, -0.25) is 9.59 Å². The molecule has 12 heteroatoms. The van der Waals surface area contributed by atoms with Crippen molar-refractivity contribution in [1.82, 2.24) is 10.2 Å². The summed E-state index contributed by atoms with van der Waals surface area (Å²) < 4.78 is 62.6. The normalized spacial score (nSPS) is 15.9. The lowest BCUT2D eigenvalue weighted by molar-refractivity contribution is -0.138. The minimum atomic E-state index is -4.75. The van der Waals surface area contributed by atoms with E-state index in [0.29, 0.717) is 12.8 Å². The molecule has 0 radical (unpaired) electrons. The zero-order chi connectivity index (χ0) is 21.6. The number of benzene rings is 1. The van der Waals surface area contributed by atoms with Crippen molar-refractivity contribution in [3.05, 3.63) is 38.8 Å². The van der Waals surface area contributed by atoms with Crippen LogP contribution in [0.2, 0.25) is 5.02 Å². The maximum atomic E-state index is 13.0. The Hall–Kier alpha value is -1.85. The Balaban J connectivity index is 2.02. The average Bonchev–Trinajstić information content (AvgIpc) is 3.38. The number of carbonyl (C=O) groups is 2. The molecule has 0 bridgehead atoms. The van der Waals surface area contributed by atoms with Crippen LogP contribution in [0.15, 0.2) is 23.1 Å². The first-order valence-electron chi connectivity index (χ1n) is 8.46. The molecule has 0 aliphatic heterocycles. The van der Waals surface area contributed by atoms with Gasteiger partial charge in [-0.25, -0.2) is 8.42 Å². The molecule has 0 spiro atoms. The van der Waals surface area contributed by atoms with Crippen molar-refractivity contribution in [2.24, 2.45) is 5.92 Å². The zero-order valence-corrected chi connectivity index (χ0v) is 17.3. The fourth-order valence-electron chi connectivity index (χ4n) is 2.64. The van der Waals surface area contributed by atoms with Crippen molar-refractivity contribution in [3.8, 4) is 0 Å². The number of Topliss-reactive ketones (excluding diaryl/α,β-unsaturated/α-hetero) is 2. The van der Waals surface area contributed by atoms with E-state index < -0.39 is 44.4 Å². The molecule has 1 fully saturated rings. The van der Waals surface area contributed by atoms with Crippen LogP contribution in [0.4, 0.5) is 13.2 Å². The first-order valence-corrected chi connectivity index (χ1v) is 11.3. The number of aromatic nitrogens is 2. The predicted octanol–water partition coefficient (Wildman–Crippen LogP) is 3.95. The molecule has 1 aromatic heterocycles. The second-order valence-electron chi connectivity index (χ2n) is 6.46. The quantitative estimate of drug-likeness (QED) is 0.453. The number of rotatable bonds is 7. The van der Waals surface area contributed by atoms with Crippen LogP contribution in [-0.4, -0.2) is 35.9 Å². The highest BCUT2D eigenvalue weighted by Crippen LogP contribution is 2.40. The molecule has 0 saturated heterocycles. The first kappa shape index (κ1) is 21.8. The van der Waals surface area contributed by atoms with Gasteiger partial charge in [0.15, 0.2) is 21.4 Å². The van der Waals surface area contributed by atoms with Crippen LogP contribution < -0.4 is 0 Å². The number of hydrogen-bond donors (Lipinski definition) is 0. The minimum absolute atomic E-state index is 0.0955. The third kappa shape index (κ3) is 4.51. The number of sulfone groups is 1. The highest BCUT2D eigenvalue weighted by Gasteiger charge is 2.44. The summed E-state index contributed by atoms with van der Waals surface area (Å²) in [6, 6.07) is 3.43. The van der Waals surface area contributed by atoms with Crippen LogP contribution in [0.25, 0.3) is 0 Å². The molecular weight excluding hydrogens is 453 g/mol. The van der Waals surface area contributed by atoms with Gasteiger partial charge in [-0.05, 0) is 31.0 Å². The Bertz CT molecular complexity index is 1080. The Morgan fingerprint density at radius 1 is 1.28 bits per heavy atom. The van der Waals surface area contributed by atoms with E-state index in [4.69, 9.17) is 11.6 Å². The van der Waals surface area contributed by atoms with Gasteiger partial charge >= 0.3 is 6.18 Å². The smallest absolute Gasteiger partial charge is 0.298 e. The maximum absolute atomic E-state index is 13.0. The van der Waals surface area contributed by atoms with Gasteiger partial charge in [-0.15, -0.1) is 10.2 Å². The number of alkyl halides is 3. The van der Waals surface area contributed by atoms with Crippen LogP contribution in [0.3, 0.4) is 0 Å². The molecule has 1 heterocycles. The molecule has 2 aromatic rings. The van der Waals surface area contributed by atoms with E-state index in [-0.39, 0.29) is 37.6 Å². The number of halogens is 4. The van der Waals surface area contributed by atoms with Crippen molar-refractivity contribution in [2.75, 3.05) is 5.75 Å². The second-order valence-corrected chi connectivity index (χ2v) is 10.2. The van der Waals surface area contributed by atoms with E-state index in [2.05, 4.69) is 10.2 Å². The summed E-state index contributed by atoms with van der Waals surface area (Å²) in [4.78, 5) is 25.6. The molecule has 1 aliphatic carbocycles. The third-order valence-electron chi connectivity index (χ3n) is 4.40. The summed E-state index contributed by atoms with van der Waals surface area (Å²) in [5, 5.41) is 4.65. The van der Waals surface area contributed by atoms with Gasteiger partial charge in [-0.2, -0.15) is 13.2 Å². The van der Waals surface area contributed by atoms with Gasteiger partial charge in [0.25, 0.3) is 0 Å². The van der Waals surface area contributed by atoms with Gasteiger partial charge in [0, 0.05) is 11.5 Å². The number of ketones is 2. The monoisotopic (exact) mass is 466 g/mol. The van der Waals surface area contributed by atoms with Gasteiger partial charge < -0.3 is 0 Å². The molecule has 1 aromatic carbocycles. The number of carbonyl (C=O) groups excluding carboxylic acids is 2. The van der Waals surface area contributed by atoms with Crippen LogP contribution in [0.5, 0.6) is 0 Å². The molecule has 29 heavy (non-hydrogen) atoms. The van der Waals surface area contributed by atoms with Gasteiger partial charge in [0.2, 0.25) is 5.01 Å². The largest absolute Gasteiger partial charge is 0.445 e. The standard InChI is InChI=1S/C17H14ClF3N2O4S2/c1-2-29(26,27)9-5-6-10(11(18)7-9)14(25)12(13(24)8-3-4-8)15-22-23-16(28-15)17(19,20)21/h5-8,12H,2-4H2,1H3. The highest BCUT2D eigenvalue weighted by molar-refractivity contribution is 7.91. The first-order chi connectivity index (χ1) is 13.5. The second kappa shape index (κ2) is 7.77. The molecule has 0 N–H and O–H groups in total. The van der Waals surface area contributed by atoms with E-state index in [1.807, 2.05) is 0 Å². The average molecular weight is 467 g/mol. The van der Waals surface area contributed by atoms with Crippen LogP contribution in [0, 0.1) is 5.92 Å². The SMILES string of the molecule is CCS(=O)(=O)c1ccc(C(=O)C(C(=O)C2CC2)c2nnc(C(F)(F)F)s2)c(Cl)c1. The molecule has 0 amide bonds. The van der Waals surface area contributed by atoms with Crippen molar-refractivity contribution in [2.45, 2.75) is 36.8 Å². The predicted molar refractivity (Wildman–Crippen MR) is 98.9 cm³/mol. The molecule has 156 valence electrons. The highest BCUT2D eigenvalue weighted by atomic mass is 35.5. The zero-order valence-electron chi connectivity index (χ0n) is 14.9. The number of nitrogens with zero attached hydrogens (tertiary/aromatic N) is 2. The maximum Gasteiger partial charge on any atom is 0.445 e. The van der Waals surface area contributed by atoms with Gasteiger partial charge in [0.1, 0.15) is 10.9 Å². The Labute approximate surface area is 173 Å². The summed E-state index contributed by atoms with van der Waals surface area (Å²) in [6.07, 6.45) is -3.68. The molecule has 1 atom stereocenters. The number of hydrogen-bond acceptors (Lipinski definition) is 7. The van der Waals surface area contributed by atoms with Crippen LogP contribution in [0.1, 0.15) is 46.1 Å². The Morgan fingerprint density at radius 3 is 2.41 bits per heavy atom. The molecule has 1 unspecified atom stereocenters. The topological polar surface area (TPSA) is 94.1 Å². The summed E-state index contributed by atoms with van der Waals surface area (Å²) in [5.74, 6) is -3.55.